The molecule has 0 aromatic heterocycles. The number of ketones is 1. The molecule has 0 aromatic carbocycles. The molecule has 0 radical (unpaired) electrons. The van der Waals surface area contributed by atoms with E-state index in [9.17, 15) is 9.59 Å². The van der Waals surface area contributed by atoms with E-state index in [2.05, 4.69) is 26.8 Å². The molecule has 0 spiro atoms. The van der Waals surface area contributed by atoms with Gasteiger partial charge in [0.2, 0.25) is 0 Å². The Bertz CT molecular complexity index is 604. The topological polar surface area (TPSA) is 43.4 Å². The summed E-state index contributed by atoms with van der Waals surface area (Å²) in [6.07, 6.45) is 9.69. The summed E-state index contributed by atoms with van der Waals surface area (Å²) in [6, 6.07) is 0. The maximum atomic E-state index is 12.8. The van der Waals surface area contributed by atoms with Crippen molar-refractivity contribution >= 4 is 11.8 Å². The van der Waals surface area contributed by atoms with Gasteiger partial charge in [0.05, 0.1) is 12.5 Å². The zero-order chi connectivity index (χ0) is 16.8. The van der Waals surface area contributed by atoms with Crippen LogP contribution >= 0.6 is 0 Å². The molecule has 3 nitrogen and oxygen atoms in total. The first-order valence-electron chi connectivity index (χ1n) is 8.77. The number of Topliss-reactive ketones (excluding diaryl/α,β-unsaturated/α-hetero) is 1. The minimum Gasteiger partial charge on any atom is -0.493 e. The van der Waals surface area contributed by atoms with Crippen LogP contribution in [-0.2, 0) is 14.3 Å². The van der Waals surface area contributed by atoms with Crippen molar-refractivity contribution in [3.8, 4) is 0 Å². The molecule has 3 aliphatic rings. The third-order valence-corrected chi connectivity index (χ3v) is 6.54. The Kier molecular flexibility index (Phi) is 6.19. The minimum absolute atomic E-state index is 0. The van der Waals surface area contributed by atoms with Crippen molar-refractivity contribution in [1.82, 2.24) is 0 Å². The van der Waals surface area contributed by atoms with E-state index in [0.29, 0.717) is 12.3 Å². The first kappa shape index (κ1) is 20.3. The molecule has 0 unspecified atom stereocenters. The average molecular weight is 456 g/mol. The number of carbonyl (C=O) groups is 2. The summed E-state index contributed by atoms with van der Waals surface area (Å²) >= 11 is 0. The first-order valence-corrected chi connectivity index (χ1v) is 8.77. The van der Waals surface area contributed by atoms with Crippen molar-refractivity contribution in [1.29, 1.82) is 0 Å². The van der Waals surface area contributed by atoms with Crippen molar-refractivity contribution in [3.63, 3.8) is 0 Å². The van der Waals surface area contributed by atoms with E-state index < -0.39 is 5.41 Å². The fourth-order valence-corrected chi connectivity index (χ4v) is 5.10. The summed E-state index contributed by atoms with van der Waals surface area (Å²) in [5.41, 5.74) is 1.77. The second-order valence-corrected chi connectivity index (χ2v) is 7.88. The number of allylic oxidation sites excluding steroid dienone is 3. The van der Waals surface area contributed by atoms with Gasteiger partial charge < -0.3 is 15.6 Å². The zero-order valence-corrected chi connectivity index (χ0v) is 18.3. The van der Waals surface area contributed by atoms with Crippen LogP contribution in [0.2, 0.25) is 0 Å². The number of rotatable bonds is 2. The fraction of sp³-hybridized carbons (Fsp3) is 0.700. The fourth-order valence-electron chi connectivity index (χ4n) is 5.10. The van der Waals surface area contributed by atoms with E-state index in [1.54, 1.807) is 0 Å². The van der Waals surface area contributed by atoms with E-state index in [1.165, 1.54) is 18.3 Å². The van der Waals surface area contributed by atoms with Crippen molar-refractivity contribution in [2.45, 2.75) is 59.3 Å². The van der Waals surface area contributed by atoms with Gasteiger partial charge in [-0.15, -0.1) is 6.42 Å². The molecular weight excluding hydrogens is 428 g/mol. The Hall–Kier alpha value is -0.00338. The van der Waals surface area contributed by atoms with Gasteiger partial charge in [-0.2, -0.15) is 0 Å². The Morgan fingerprint density at radius 1 is 1.33 bits per heavy atom. The molecule has 3 aliphatic carbocycles. The molecule has 0 bridgehead atoms. The predicted molar refractivity (Wildman–Crippen MR) is 88.4 cm³/mol. The second kappa shape index (κ2) is 7.32. The Morgan fingerprint density at radius 3 is 2.67 bits per heavy atom. The van der Waals surface area contributed by atoms with Crippen molar-refractivity contribution < 1.29 is 56.1 Å². The van der Waals surface area contributed by atoms with Crippen LogP contribution in [0.5, 0.6) is 0 Å². The molecule has 3 rings (SSSR count). The van der Waals surface area contributed by atoms with Crippen LogP contribution in [0.3, 0.4) is 0 Å². The van der Waals surface area contributed by atoms with Crippen LogP contribution < -0.4 is 0 Å². The van der Waals surface area contributed by atoms with E-state index in [0.717, 1.165) is 32.1 Å². The van der Waals surface area contributed by atoms with Crippen LogP contribution in [0, 0.1) is 70.5 Å². The van der Waals surface area contributed by atoms with Crippen LogP contribution in [0.1, 0.15) is 59.3 Å². The first-order chi connectivity index (χ1) is 10.9. The molecule has 0 aromatic rings. The van der Waals surface area contributed by atoms with Gasteiger partial charge in [-0.1, -0.05) is 32.8 Å². The normalized spacial score (nSPS) is 35.2. The maximum absolute atomic E-state index is 12.8. The molecular formula is C20H27CeO3-. The van der Waals surface area contributed by atoms with Crippen LogP contribution in [-0.4, -0.2) is 18.9 Å². The smallest absolute Gasteiger partial charge is 0.315 e. The van der Waals surface area contributed by atoms with Crippen molar-refractivity contribution in [2.24, 2.45) is 22.7 Å². The molecule has 1 saturated carbocycles. The molecule has 130 valence electrons. The molecule has 0 N–H and O–H groups in total. The molecule has 3 atom stereocenters. The SMILES string of the molecule is COC(=O)[C@@]12CCC(C(C)C)=C1[C@@H]1CC=[C-]CC(=O)[C@@]1(C)CC2.[Ce]. The summed E-state index contributed by atoms with van der Waals surface area (Å²) in [4.78, 5) is 25.5. The van der Waals surface area contributed by atoms with Gasteiger partial charge >= 0.3 is 5.97 Å². The number of hydrogen-bond donors (Lipinski definition) is 0. The Labute approximate surface area is 179 Å². The molecule has 0 saturated heterocycles. The van der Waals surface area contributed by atoms with E-state index >= 15 is 0 Å². The monoisotopic (exact) mass is 455 g/mol. The van der Waals surface area contributed by atoms with Crippen LogP contribution in [0.15, 0.2) is 17.2 Å². The third-order valence-electron chi connectivity index (χ3n) is 6.54. The van der Waals surface area contributed by atoms with Gasteiger partial charge in [-0.05, 0) is 43.1 Å². The van der Waals surface area contributed by atoms with Gasteiger partial charge in [0.25, 0.3) is 0 Å². The van der Waals surface area contributed by atoms with Crippen LogP contribution in [0.25, 0.3) is 0 Å². The molecule has 1 fully saturated rings. The van der Waals surface area contributed by atoms with E-state index in [4.69, 9.17) is 4.74 Å². The molecule has 24 heavy (non-hydrogen) atoms. The standard InChI is InChI=1S/C20H27O3.Ce/c1-13(2)14-9-10-20(18(22)23-4)12-11-19(3)15(17(14)20)7-5-6-8-16(19)21;/h5,13,15H,7-12H2,1-4H3;/q-1;/t15-,19-,20+;/m0./s1. The number of ether oxygens (including phenoxy) is 1. The minimum atomic E-state index is -0.489. The summed E-state index contributed by atoms with van der Waals surface area (Å²) < 4.78 is 5.21. The maximum Gasteiger partial charge on any atom is 0.315 e. The summed E-state index contributed by atoms with van der Waals surface area (Å²) in [7, 11) is 1.49. The van der Waals surface area contributed by atoms with Gasteiger partial charge in [0.15, 0.2) is 0 Å². The Balaban J connectivity index is 0.00000208. The van der Waals surface area contributed by atoms with E-state index in [-0.39, 0.29) is 64.8 Å². The number of fused-ring (bicyclic) bond motifs is 3. The molecule has 0 amide bonds. The third kappa shape index (κ3) is 2.88. The molecule has 4 heteroatoms. The molecule has 0 heterocycles. The van der Waals surface area contributed by atoms with Gasteiger partial charge in [0, 0.05) is 47.2 Å². The Morgan fingerprint density at radius 2 is 2.04 bits per heavy atom. The zero-order valence-electron chi connectivity index (χ0n) is 15.2. The summed E-state index contributed by atoms with van der Waals surface area (Å²) in [5, 5.41) is 0. The van der Waals surface area contributed by atoms with Gasteiger partial charge in [0.1, 0.15) is 5.78 Å². The number of carbonyl (C=O) groups excluding carboxylic acids is 2. The van der Waals surface area contributed by atoms with Gasteiger partial charge in [-0.3, -0.25) is 10.9 Å². The number of hydrogen-bond acceptors (Lipinski definition) is 3. The largest absolute Gasteiger partial charge is 0.493 e. The molecule has 0 aliphatic heterocycles. The average Bonchev–Trinajstić information content (AvgIpc) is 2.86. The van der Waals surface area contributed by atoms with Gasteiger partial charge in [-0.25, -0.2) is 0 Å². The summed E-state index contributed by atoms with van der Waals surface area (Å²) in [5.74, 6) is 0.704. The number of esters is 1. The number of methoxy groups -OCH3 is 1. The summed E-state index contributed by atoms with van der Waals surface area (Å²) in [6.45, 7) is 6.50. The van der Waals surface area contributed by atoms with Crippen molar-refractivity contribution in [3.05, 3.63) is 23.3 Å². The predicted octanol–water partition coefficient (Wildman–Crippen LogP) is 4.03. The van der Waals surface area contributed by atoms with Crippen molar-refractivity contribution in [2.75, 3.05) is 7.11 Å². The van der Waals surface area contributed by atoms with E-state index in [1.807, 2.05) is 6.08 Å². The van der Waals surface area contributed by atoms with Crippen LogP contribution in [0.4, 0.5) is 0 Å². The quantitative estimate of drug-likeness (QED) is 0.359. The second-order valence-electron chi connectivity index (χ2n) is 7.88.